The summed E-state index contributed by atoms with van der Waals surface area (Å²) in [7, 11) is 0. The van der Waals surface area contributed by atoms with Crippen LogP contribution >= 0.6 is 0 Å². The van der Waals surface area contributed by atoms with Crippen LogP contribution in [0.2, 0.25) is 0 Å². The Bertz CT molecular complexity index is 847. The van der Waals surface area contributed by atoms with Crippen molar-refractivity contribution in [1.82, 2.24) is 19.9 Å². The lowest BCUT2D eigenvalue weighted by atomic mass is 10.0. The Kier molecular flexibility index (Phi) is 5.26. The van der Waals surface area contributed by atoms with Crippen LogP contribution in [0, 0.1) is 13.8 Å². The zero-order valence-electron chi connectivity index (χ0n) is 16.6. The summed E-state index contributed by atoms with van der Waals surface area (Å²) in [4.78, 5) is 30.2. The molecule has 0 spiro atoms. The molecule has 0 saturated carbocycles. The maximum absolute atomic E-state index is 11.7. The quantitative estimate of drug-likeness (QED) is 0.874. The van der Waals surface area contributed by atoms with E-state index >= 15 is 0 Å². The van der Waals surface area contributed by atoms with E-state index in [2.05, 4.69) is 26.7 Å². The van der Waals surface area contributed by atoms with E-state index in [-0.39, 0.29) is 11.9 Å². The highest BCUT2D eigenvalue weighted by Crippen LogP contribution is 2.30. The third kappa shape index (κ3) is 3.58. The van der Waals surface area contributed by atoms with Crippen LogP contribution in [0.25, 0.3) is 11.4 Å². The van der Waals surface area contributed by atoms with Gasteiger partial charge in [-0.15, -0.1) is 0 Å². The van der Waals surface area contributed by atoms with Crippen LogP contribution in [0.3, 0.4) is 0 Å². The van der Waals surface area contributed by atoms with Gasteiger partial charge in [0.15, 0.2) is 5.82 Å². The Morgan fingerprint density at radius 1 is 1.14 bits per heavy atom. The Morgan fingerprint density at radius 2 is 1.93 bits per heavy atom. The minimum atomic E-state index is -0.177. The molecule has 0 aliphatic carbocycles. The van der Waals surface area contributed by atoms with E-state index in [1.807, 2.05) is 19.1 Å². The van der Waals surface area contributed by atoms with Crippen molar-refractivity contribution >= 4 is 11.7 Å². The van der Waals surface area contributed by atoms with Crippen molar-refractivity contribution in [2.75, 3.05) is 24.5 Å². The van der Waals surface area contributed by atoms with Crippen LogP contribution in [0.5, 0.6) is 0 Å². The number of primary amides is 1. The number of anilines is 1. The van der Waals surface area contributed by atoms with Gasteiger partial charge in [-0.2, -0.15) is 0 Å². The second-order valence-corrected chi connectivity index (χ2v) is 7.84. The number of carbonyl (C=O) groups excluding carboxylic acids is 1. The molecule has 7 heteroatoms. The van der Waals surface area contributed by atoms with Crippen molar-refractivity contribution < 1.29 is 4.79 Å². The van der Waals surface area contributed by atoms with Gasteiger partial charge in [0, 0.05) is 48.3 Å². The minimum Gasteiger partial charge on any atom is -0.368 e. The zero-order chi connectivity index (χ0) is 19.7. The molecule has 4 heterocycles. The van der Waals surface area contributed by atoms with Crippen LogP contribution in [0.1, 0.15) is 36.9 Å². The third-order valence-corrected chi connectivity index (χ3v) is 6.14. The number of nitrogens with two attached hydrogens (primary N) is 1. The molecule has 2 N–H and O–H groups in total. The Morgan fingerprint density at radius 3 is 2.61 bits per heavy atom. The van der Waals surface area contributed by atoms with Crippen molar-refractivity contribution in [3.05, 3.63) is 35.8 Å². The summed E-state index contributed by atoms with van der Waals surface area (Å²) in [5.74, 6) is 1.56. The predicted octanol–water partition coefficient (Wildman–Crippen LogP) is 2.07. The molecule has 2 aromatic rings. The Balaban J connectivity index is 1.52. The maximum atomic E-state index is 11.7. The molecule has 2 fully saturated rings. The van der Waals surface area contributed by atoms with E-state index in [1.54, 1.807) is 12.4 Å². The van der Waals surface area contributed by atoms with E-state index in [1.165, 1.54) is 0 Å². The smallest absolute Gasteiger partial charge is 0.234 e. The van der Waals surface area contributed by atoms with Gasteiger partial charge in [0.2, 0.25) is 5.91 Å². The van der Waals surface area contributed by atoms with Gasteiger partial charge in [-0.1, -0.05) is 0 Å². The first-order valence-corrected chi connectivity index (χ1v) is 10.1. The molecule has 0 bridgehead atoms. The first-order valence-electron chi connectivity index (χ1n) is 10.1. The molecule has 0 aromatic carbocycles. The number of likely N-dealkylation sites (tertiary alicyclic amines) is 1. The van der Waals surface area contributed by atoms with Gasteiger partial charge in [0.1, 0.15) is 5.82 Å². The molecule has 2 aromatic heterocycles. The second-order valence-electron chi connectivity index (χ2n) is 7.84. The van der Waals surface area contributed by atoms with E-state index in [0.717, 1.165) is 73.8 Å². The summed E-state index contributed by atoms with van der Waals surface area (Å²) in [6.45, 7) is 6.96. The summed E-state index contributed by atoms with van der Waals surface area (Å²) >= 11 is 0. The highest BCUT2D eigenvalue weighted by atomic mass is 16.1. The number of piperidine rings is 1. The number of hydrogen-bond donors (Lipinski definition) is 1. The average molecular weight is 380 g/mol. The van der Waals surface area contributed by atoms with E-state index in [4.69, 9.17) is 10.7 Å². The highest BCUT2D eigenvalue weighted by Gasteiger charge is 2.36. The number of nitrogens with zero attached hydrogens (tertiary/aromatic N) is 5. The largest absolute Gasteiger partial charge is 0.368 e. The second kappa shape index (κ2) is 7.83. The third-order valence-electron chi connectivity index (χ3n) is 6.14. The summed E-state index contributed by atoms with van der Waals surface area (Å²) in [5, 5.41) is 0. The fourth-order valence-corrected chi connectivity index (χ4v) is 4.49. The minimum absolute atomic E-state index is 0.0863. The highest BCUT2D eigenvalue weighted by molar-refractivity contribution is 5.80. The summed E-state index contributed by atoms with van der Waals surface area (Å²) in [6, 6.07) is 4.24. The van der Waals surface area contributed by atoms with Crippen LogP contribution in [0.15, 0.2) is 24.5 Å². The van der Waals surface area contributed by atoms with Crippen molar-refractivity contribution in [2.45, 2.75) is 51.6 Å². The number of aryl methyl sites for hydroxylation is 1. The van der Waals surface area contributed by atoms with Gasteiger partial charge in [-0.05, 0) is 58.2 Å². The van der Waals surface area contributed by atoms with Gasteiger partial charge in [0.05, 0.1) is 6.04 Å². The first kappa shape index (κ1) is 18.8. The van der Waals surface area contributed by atoms with Crippen LogP contribution < -0.4 is 10.6 Å². The molecule has 28 heavy (non-hydrogen) atoms. The fourth-order valence-electron chi connectivity index (χ4n) is 4.49. The monoisotopic (exact) mass is 380 g/mol. The van der Waals surface area contributed by atoms with Crippen LogP contribution in [-0.4, -0.2) is 57.5 Å². The predicted molar refractivity (Wildman–Crippen MR) is 109 cm³/mol. The molecule has 0 radical (unpaired) electrons. The molecule has 2 aliphatic rings. The molecule has 2 aliphatic heterocycles. The maximum Gasteiger partial charge on any atom is 0.234 e. The average Bonchev–Trinajstić information content (AvgIpc) is 3.21. The lowest BCUT2D eigenvalue weighted by Crippen LogP contribution is -2.50. The lowest BCUT2D eigenvalue weighted by molar-refractivity contribution is -0.123. The molecule has 4 rings (SSSR count). The lowest BCUT2D eigenvalue weighted by Gasteiger charge is -2.39. The van der Waals surface area contributed by atoms with E-state index < -0.39 is 0 Å². The Labute approximate surface area is 166 Å². The van der Waals surface area contributed by atoms with Crippen LogP contribution in [0.4, 0.5) is 5.82 Å². The number of rotatable bonds is 4. The number of carbonyl (C=O) groups is 1. The van der Waals surface area contributed by atoms with Gasteiger partial charge >= 0.3 is 0 Å². The molecular weight excluding hydrogens is 352 g/mol. The van der Waals surface area contributed by atoms with E-state index in [9.17, 15) is 4.79 Å². The van der Waals surface area contributed by atoms with Gasteiger partial charge in [0.25, 0.3) is 0 Å². The van der Waals surface area contributed by atoms with Crippen molar-refractivity contribution in [2.24, 2.45) is 5.73 Å². The SMILES string of the molecule is Cc1nc(-c2cccnc2)nc(N2CCC(N3CCCC3C(N)=O)CC2)c1C. The first-order chi connectivity index (χ1) is 13.5. The summed E-state index contributed by atoms with van der Waals surface area (Å²) in [6.07, 6.45) is 7.56. The number of hydrogen-bond acceptors (Lipinski definition) is 6. The van der Waals surface area contributed by atoms with Crippen molar-refractivity contribution in [3.8, 4) is 11.4 Å². The Hall–Kier alpha value is -2.54. The molecule has 7 nitrogen and oxygen atoms in total. The van der Waals surface area contributed by atoms with E-state index in [0.29, 0.717) is 6.04 Å². The standard InChI is InChI=1S/C21H28N6O/c1-14-15(2)24-20(16-5-3-9-23-13-16)25-21(14)26-11-7-17(8-12-26)27-10-4-6-18(27)19(22)28/h3,5,9,13,17-18H,4,6-8,10-12H2,1-2H3,(H2,22,28). The number of aromatic nitrogens is 3. The molecule has 1 unspecified atom stereocenters. The normalized spacial score (nSPS) is 21.2. The summed E-state index contributed by atoms with van der Waals surface area (Å²) < 4.78 is 0. The van der Waals surface area contributed by atoms with Crippen molar-refractivity contribution in [3.63, 3.8) is 0 Å². The summed E-state index contributed by atoms with van der Waals surface area (Å²) in [5.41, 5.74) is 8.67. The molecular formula is C21H28N6O. The van der Waals surface area contributed by atoms with Gasteiger partial charge in [-0.25, -0.2) is 9.97 Å². The molecule has 148 valence electrons. The number of pyridine rings is 1. The zero-order valence-corrected chi connectivity index (χ0v) is 16.6. The molecule has 1 amide bonds. The molecule has 2 saturated heterocycles. The van der Waals surface area contributed by atoms with Gasteiger partial charge in [-0.3, -0.25) is 14.7 Å². The van der Waals surface area contributed by atoms with Gasteiger partial charge < -0.3 is 10.6 Å². The van der Waals surface area contributed by atoms with Crippen molar-refractivity contribution in [1.29, 1.82) is 0 Å². The van der Waals surface area contributed by atoms with Crippen LogP contribution in [-0.2, 0) is 4.79 Å². The number of amides is 1. The molecule has 1 atom stereocenters. The fraction of sp³-hybridized carbons (Fsp3) is 0.524. The topological polar surface area (TPSA) is 88.2 Å².